The normalized spacial score (nSPS) is 10.2. The number of benzene rings is 1. The molecule has 0 heterocycles. The lowest BCUT2D eigenvalue weighted by atomic mass is 10.1. The summed E-state index contributed by atoms with van der Waals surface area (Å²) >= 11 is 0. The molecule has 1 aromatic rings. The lowest BCUT2D eigenvalue weighted by Crippen LogP contribution is -2.12. The number of nitro benzene ring substituents is 1. The fourth-order valence-corrected chi connectivity index (χ4v) is 1.47. The van der Waals surface area contributed by atoms with E-state index in [1.54, 1.807) is 25.1 Å². The predicted octanol–water partition coefficient (Wildman–Crippen LogP) is 1.32. The summed E-state index contributed by atoms with van der Waals surface area (Å²) in [7, 11) is 0. The van der Waals surface area contributed by atoms with E-state index in [-0.39, 0.29) is 18.9 Å². The van der Waals surface area contributed by atoms with Crippen molar-refractivity contribution < 1.29 is 14.8 Å². The summed E-state index contributed by atoms with van der Waals surface area (Å²) in [4.78, 5) is 10.5. The number of hydrogen-bond acceptors (Lipinski definition) is 5. The molecule has 0 aliphatic rings. The van der Waals surface area contributed by atoms with Gasteiger partial charge in [-0.3, -0.25) is 10.1 Å². The van der Waals surface area contributed by atoms with Crippen LogP contribution < -0.4 is 5.32 Å². The minimum atomic E-state index is -0.397. The van der Waals surface area contributed by atoms with Crippen molar-refractivity contribution >= 4 is 11.4 Å². The maximum atomic E-state index is 10.9. The van der Waals surface area contributed by atoms with Crippen LogP contribution in [0.25, 0.3) is 0 Å². The van der Waals surface area contributed by atoms with Crippen molar-refractivity contribution in [2.75, 3.05) is 31.7 Å². The minimum Gasteiger partial charge on any atom is -0.394 e. The number of nitrogens with one attached hydrogen (secondary N) is 1. The van der Waals surface area contributed by atoms with E-state index in [0.717, 1.165) is 0 Å². The van der Waals surface area contributed by atoms with Crippen LogP contribution >= 0.6 is 0 Å². The second kappa shape index (κ2) is 6.82. The van der Waals surface area contributed by atoms with Crippen LogP contribution in [0.2, 0.25) is 0 Å². The Balaban J connectivity index is 2.58. The topological polar surface area (TPSA) is 84.6 Å². The van der Waals surface area contributed by atoms with Gasteiger partial charge in [-0.1, -0.05) is 12.1 Å². The Hall–Kier alpha value is -1.66. The van der Waals surface area contributed by atoms with Crippen molar-refractivity contribution in [2.45, 2.75) is 6.92 Å². The van der Waals surface area contributed by atoms with Gasteiger partial charge < -0.3 is 15.2 Å². The van der Waals surface area contributed by atoms with Gasteiger partial charge in [0.2, 0.25) is 0 Å². The van der Waals surface area contributed by atoms with Gasteiger partial charge in [-0.05, 0) is 13.0 Å². The molecule has 0 radical (unpaired) electrons. The first-order valence-electron chi connectivity index (χ1n) is 5.33. The summed E-state index contributed by atoms with van der Waals surface area (Å²) in [5.74, 6) is 0. The quantitative estimate of drug-likeness (QED) is 0.426. The fourth-order valence-electron chi connectivity index (χ4n) is 1.47. The molecular formula is C11H16N2O4. The first-order valence-corrected chi connectivity index (χ1v) is 5.33. The molecular weight excluding hydrogens is 224 g/mol. The first-order chi connectivity index (χ1) is 8.16. The van der Waals surface area contributed by atoms with Gasteiger partial charge in [0.05, 0.1) is 24.7 Å². The zero-order chi connectivity index (χ0) is 12.7. The Morgan fingerprint density at radius 1 is 1.47 bits per heavy atom. The largest absolute Gasteiger partial charge is 0.394 e. The third-order valence-corrected chi connectivity index (χ3v) is 2.22. The molecule has 0 amide bonds. The van der Waals surface area contributed by atoms with Crippen molar-refractivity contribution in [3.8, 4) is 0 Å². The molecule has 1 aromatic carbocycles. The lowest BCUT2D eigenvalue weighted by molar-refractivity contribution is -0.384. The van der Waals surface area contributed by atoms with Gasteiger partial charge >= 0.3 is 0 Å². The Morgan fingerprint density at radius 3 is 2.88 bits per heavy atom. The zero-order valence-electron chi connectivity index (χ0n) is 9.68. The molecule has 2 N–H and O–H groups in total. The van der Waals surface area contributed by atoms with E-state index < -0.39 is 4.92 Å². The van der Waals surface area contributed by atoms with Crippen LogP contribution in [0.4, 0.5) is 11.4 Å². The molecule has 17 heavy (non-hydrogen) atoms. The average Bonchev–Trinajstić information content (AvgIpc) is 2.28. The Labute approximate surface area is 99.4 Å². The van der Waals surface area contributed by atoms with Crippen molar-refractivity contribution in [3.63, 3.8) is 0 Å². The number of aliphatic hydroxyl groups excluding tert-OH is 1. The van der Waals surface area contributed by atoms with Crippen LogP contribution in [0.15, 0.2) is 18.2 Å². The van der Waals surface area contributed by atoms with Crippen LogP contribution in [0, 0.1) is 17.0 Å². The SMILES string of the molecule is Cc1cccc(NCCOCCO)c1[N+](=O)[O-]. The van der Waals surface area contributed by atoms with Gasteiger partial charge in [0.1, 0.15) is 5.69 Å². The van der Waals surface area contributed by atoms with Crippen molar-refractivity contribution in [1.82, 2.24) is 0 Å². The molecule has 0 unspecified atom stereocenters. The standard InChI is InChI=1S/C11H16N2O4/c1-9-3-2-4-10(11(9)13(15)16)12-5-7-17-8-6-14/h2-4,12,14H,5-8H2,1H3. The molecule has 0 saturated carbocycles. The summed E-state index contributed by atoms with van der Waals surface area (Å²) < 4.78 is 5.05. The third kappa shape index (κ3) is 4.01. The third-order valence-electron chi connectivity index (χ3n) is 2.22. The molecule has 6 heteroatoms. The minimum absolute atomic E-state index is 0.0232. The number of hydrogen-bond donors (Lipinski definition) is 2. The monoisotopic (exact) mass is 240 g/mol. The van der Waals surface area contributed by atoms with Crippen molar-refractivity contribution in [2.24, 2.45) is 0 Å². The van der Waals surface area contributed by atoms with Gasteiger partial charge in [-0.25, -0.2) is 0 Å². The van der Waals surface area contributed by atoms with Crippen molar-refractivity contribution in [1.29, 1.82) is 0 Å². The molecule has 0 spiro atoms. The summed E-state index contributed by atoms with van der Waals surface area (Å²) in [6.07, 6.45) is 0. The van der Waals surface area contributed by atoms with E-state index in [9.17, 15) is 10.1 Å². The first kappa shape index (κ1) is 13.4. The van der Waals surface area contributed by atoms with E-state index in [1.165, 1.54) is 0 Å². The van der Waals surface area contributed by atoms with Crippen molar-refractivity contribution in [3.05, 3.63) is 33.9 Å². The molecule has 1 rings (SSSR count). The summed E-state index contributed by atoms with van der Waals surface area (Å²) in [6, 6.07) is 5.13. The maximum absolute atomic E-state index is 10.9. The van der Waals surface area contributed by atoms with Gasteiger partial charge in [-0.15, -0.1) is 0 Å². The van der Waals surface area contributed by atoms with E-state index in [0.29, 0.717) is 24.4 Å². The molecule has 0 atom stereocenters. The number of anilines is 1. The Bertz CT molecular complexity index is 382. The lowest BCUT2D eigenvalue weighted by Gasteiger charge is -2.08. The average molecular weight is 240 g/mol. The number of ether oxygens (including phenoxy) is 1. The van der Waals surface area contributed by atoms with E-state index in [1.807, 2.05) is 0 Å². The molecule has 0 aliphatic heterocycles. The van der Waals surface area contributed by atoms with Crippen LogP contribution in [0.3, 0.4) is 0 Å². The zero-order valence-corrected chi connectivity index (χ0v) is 9.68. The van der Waals surface area contributed by atoms with E-state index >= 15 is 0 Å². The molecule has 0 fully saturated rings. The van der Waals surface area contributed by atoms with E-state index in [4.69, 9.17) is 9.84 Å². The highest BCUT2D eigenvalue weighted by molar-refractivity contribution is 5.64. The van der Waals surface area contributed by atoms with Gasteiger partial charge in [0, 0.05) is 12.1 Å². The van der Waals surface area contributed by atoms with Crippen LogP contribution in [-0.2, 0) is 4.74 Å². The molecule has 94 valence electrons. The number of nitro groups is 1. The second-order valence-corrected chi connectivity index (χ2v) is 3.49. The number of nitrogens with zero attached hydrogens (tertiary/aromatic N) is 1. The predicted molar refractivity (Wildman–Crippen MR) is 64.2 cm³/mol. The van der Waals surface area contributed by atoms with Crippen LogP contribution in [0.1, 0.15) is 5.56 Å². The van der Waals surface area contributed by atoms with Gasteiger partial charge in [0.15, 0.2) is 0 Å². The number of rotatable bonds is 7. The number of aliphatic hydroxyl groups is 1. The Morgan fingerprint density at radius 2 is 2.24 bits per heavy atom. The smallest absolute Gasteiger partial charge is 0.295 e. The Kier molecular flexibility index (Phi) is 5.38. The fraction of sp³-hybridized carbons (Fsp3) is 0.455. The van der Waals surface area contributed by atoms with E-state index in [2.05, 4.69) is 5.32 Å². The van der Waals surface area contributed by atoms with Crippen LogP contribution in [-0.4, -0.2) is 36.4 Å². The highest BCUT2D eigenvalue weighted by Gasteiger charge is 2.15. The molecule has 0 bridgehead atoms. The molecule has 0 aromatic heterocycles. The summed E-state index contributed by atoms with van der Waals surface area (Å²) in [5, 5.41) is 22.3. The number of para-hydroxylation sites is 1. The van der Waals surface area contributed by atoms with Crippen LogP contribution in [0.5, 0.6) is 0 Å². The maximum Gasteiger partial charge on any atom is 0.295 e. The molecule has 0 aliphatic carbocycles. The second-order valence-electron chi connectivity index (χ2n) is 3.49. The highest BCUT2D eigenvalue weighted by Crippen LogP contribution is 2.27. The summed E-state index contributed by atoms with van der Waals surface area (Å²) in [6.45, 7) is 2.81. The summed E-state index contributed by atoms with van der Waals surface area (Å²) in [5.41, 5.74) is 1.20. The highest BCUT2D eigenvalue weighted by atomic mass is 16.6. The van der Waals surface area contributed by atoms with Gasteiger partial charge in [-0.2, -0.15) is 0 Å². The van der Waals surface area contributed by atoms with Gasteiger partial charge in [0.25, 0.3) is 5.69 Å². The molecule has 6 nitrogen and oxygen atoms in total. The molecule has 0 saturated heterocycles. The number of aryl methyl sites for hydroxylation is 1.